The van der Waals surface area contributed by atoms with Gasteiger partial charge in [0.15, 0.2) is 6.29 Å². The summed E-state index contributed by atoms with van der Waals surface area (Å²) in [6, 6.07) is 7.88. The van der Waals surface area contributed by atoms with Gasteiger partial charge in [-0.05, 0) is 36.2 Å². The van der Waals surface area contributed by atoms with E-state index in [-0.39, 0.29) is 5.82 Å². The molecule has 1 aromatic carbocycles. The number of halogens is 1. The average molecular weight is 215 g/mol. The molecule has 3 heteroatoms. The molecule has 1 aromatic heterocycles. The smallest absolute Gasteiger partial charge is 0.169 e. The number of hydrogen-bond donors (Lipinski definition) is 0. The third-order valence-electron chi connectivity index (χ3n) is 2.32. The van der Waals surface area contributed by atoms with Crippen LogP contribution in [0.3, 0.4) is 0 Å². The molecule has 80 valence electrons. The van der Waals surface area contributed by atoms with Gasteiger partial charge in [-0.2, -0.15) is 0 Å². The van der Waals surface area contributed by atoms with E-state index in [2.05, 4.69) is 4.98 Å². The SMILES string of the molecule is Cc1cnc(C=O)c(-c2ccc(F)cc2)c1. The maximum atomic E-state index is 12.8. The first-order valence-corrected chi connectivity index (χ1v) is 4.88. The Hall–Kier alpha value is -2.03. The third-order valence-corrected chi connectivity index (χ3v) is 2.32. The van der Waals surface area contributed by atoms with Crippen LogP contribution in [-0.2, 0) is 0 Å². The van der Waals surface area contributed by atoms with Crippen molar-refractivity contribution in [3.05, 3.63) is 53.6 Å². The van der Waals surface area contributed by atoms with Gasteiger partial charge >= 0.3 is 0 Å². The lowest BCUT2D eigenvalue weighted by molar-refractivity contribution is 0.111. The molecular formula is C13H10FNO. The Labute approximate surface area is 92.8 Å². The van der Waals surface area contributed by atoms with Crippen molar-refractivity contribution in [1.82, 2.24) is 4.98 Å². The van der Waals surface area contributed by atoms with Crippen molar-refractivity contribution in [1.29, 1.82) is 0 Å². The number of benzene rings is 1. The number of aldehydes is 1. The lowest BCUT2D eigenvalue weighted by Gasteiger charge is -2.05. The predicted molar refractivity (Wildman–Crippen MR) is 59.8 cm³/mol. The Morgan fingerprint density at radius 1 is 1.25 bits per heavy atom. The Kier molecular flexibility index (Phi) is 2.77. The van der Waals surface area contributed by atoms with Crippen LogP contribution in [0.5, 0.6) is 0 Å². The maximum Gasteiger partial charge on any atom is 0.169 e. The summed E-state index contributed by atoms with van der Waals surface area (Å²) in [4.78, 5) is 14.9. The number of nitrogens with zero attached hydrogens (tertiary/aromatic N) is 1. The largest absolute Gasteiger partial charge is 0.296 e. The summed E-state index contributed by atoms with van der Waals surface area (Å²) in [7, 11) is 0. The van der Waals surface area contributed by atoms with Gasteiger partial charge in [-0.15, -0.1) is 0 Å². The molecule has 0 unspecified atom stereocenters. The Balaban J connectivity index is 2.57. The minimum Gasteiger partial charge on any atom is -0.296 e. The van der Waals surface area contributed by atoms with Crippen LogP contribution in [0.25, 0.3) is 11.1 Å². The molecular weight excluding hydrogens is 205 g/mol. The number of carbonyl (C=O) groups excluding carboxylic acids is 1. The van der Waals surface area contributed by atoms with Crippen molar-refractivity contribution < 1.29 is 9.18 Å². The van der Waals surface area contributed by atoms with Crippen LogP contribution in [0.1, 0.15) is 16.1 Å². The first kappa shape index (κ1) is 10.5. The number of rotatable bonds is 2. The highest BCUT2D eigenvalue weighted by molar-refractivity contribution is 5.85. The first-order valence-electron chi connectivity index (χ1n) is 4.88. The third kappa shape index (κ3) is 1.98. The molecule has 0 spiro atoms. The zero-order valence-electron chi connectivity index (χ0n) is 8.77. The van der Waals surface area contributed by atoms with Crippen molar-refractivity contribution in [2.45, 2.75) is 6.92 Å². The van der Waals surface area contributed by atoms with E-state index in [9.17, 15) is 9.18 Å². The quantitative estimate of drug-likeness (QED) is 0.721. The van der Waals surface area contributed by atoms with E-state index in [1.807, 2.05) is 13.0 Å². The van der Waals surface area contributed by atoms with E-state index in [0.29, 0.717) is 12.0 Å². The van der Waals surface area contributed by atoms with Crippen molar-refractivity contribution in [3.8, 4) is 11.1 Å². The van der Waals surface area contributed by atoms with Crippen LogP contribution in [0.4, 0.5) is 4.39 Å². The van der Waals surface area contributed by atoms with Gasteiger partial charge in [-0.25, -0.2) is 4.39 Å². The summed E-state index contributed by atoms with van der Waals surface area (Å²) in [6.45, 7) is 1.90. The highest BCUT2D eigenvalue weighted by atomic mass is 19.1. The van der Waals surface area contributed by atoms with Gasteiger partial charge in [0.05, 0.1) is 0 Å². The molecule has 0 aliphatic rings. The highest BCUT2D eigenvalue weighted by Crippen LogP contribution is 2.22. The minimum atomic E-state index is -0.294. The topological polar surface area (TPSA) is 30.0 Å². The monoisotopic (exact) mass is 215 g/mol. The molecule has 0 bridgehead atoms. The van der Waals surface area contributed by atoms with Crippen LogP contribution >= 0.6 is 0 Å². The van der Waals surface area contributed by atoms with Gasteiger partial charge in [0.1, 0.15) is 11.5 Å². The lowest BCUT2D eigenvalue weighted by Crippen LogP contribution is -1.93. The molecule has 0 N–H and O–H groups in total. The normalized spacial score (nSPS) is 10.1. The van der Waals surface area contributed by atoms with Gasteiger partial charge in [0.2, 0.25) is 0 Å². The molecule has 0 amide bonds. The van der Waals surface area contributed by atoms with E-state index in [4.69, 9.17) is 0 Å². The van der Waals surface area contributed by atoms with Crippen molar-refractivity contribution in [2.24, 2.45) is 0 Å². The number of carbonyl (C=O) groups is 1. The lowest BCUT2D eigenvalue weighted by atomic mass is 10.0. The molecule has 1 heterocycles. The molecule has 0 saturated carbocycles. The number of aromatic nitrogens is 1. The number of hydrogen-bond acceptors (Lipinski definition) is 2. The van der Waals surface area contributed by atoms with Crippen molar-refractivity contribution in [2.75, 3.05) is 0 Å². The average Bonchev–Trinajstić information content (AvgIpc) is 2.30. The molecule has 2 nitrogen and oxygen atoms in total. The maximum absolute atomic E-state index is 12.8. The van der Waals surface area contributed by atoms with Gasteiger partial charge in [-0.1, -0.05) is 12.1 Å². The zero-order chi connectivity index (χ0) is 11.5. The second kappa shape index (κ2) is 4.23. The van der Waals surface area contributed by atoms with Crippen LogP contribution < -0.4 is 0 Å². The standard InChI is InChI=1S/C13H10FNO/c1-9-6-12(13(8-16)15-7-9)10-2-4-11(14)5-3-10/h2-8H,1H3. The summed E-state index contributed by atoms with van der Waals surface area (Å²) in [5, 5.41) is 0. The molecule has 0 aliphatic heterocycles. The Morgan fingerprint density at radius 3 is 2.56 bits per heavy atom. The summed E-state index contributed by atoms with van der Waals surface area (Å²) in [5.74, 6) is -0.294. The van der Waals surface area contributed by atoms with Gasteiger partial charge in [-0.3, -0.25) is 9.78 Å². The summed E-state index contributed by atoms with van der Waals surface area (Å²) in [5.41, 5.74) is 2.86. The van der Waals surface area contributed by atoms with Crippen LogP contribution in [-0.4, -0.2) is 11.3 Å². The molecule has 16 heavy (non-hydrogen) atoms. The molecule has 0 aliphatic carbocycles. The van der Waals surface area contributed by atoms with E-state index in [0.717, 1.165) is 16.7 Å². The molecule has 0 radical (unpaired) electrons. The molecule has 2 rings (SSSR count). The van der Waals surface area contributed by atoms with E-state index in [1.165, 1.54) is 12.1 Å². The van der Waals surface area contributed by atoms with E-state index < -0.39 is 0 Å². The molecule has 0 saturated heterocycles. The van der Waals surface area contributed by atoms with Gasteiger partial charge in [0.25, 0.3) is 0 Å². The molecule has 0 fully saturated rings. The van der Waals surface area contributed by atoms with E-state index >= 15 is 0 Å². The first-order chi connectivity index (χ1) is 7.70. The van der Waals surface area contributed by atoms with Gasteiger partial charge in [0, 0.05) is 11.8 Å². The summed E-state index contributed by atoms with van der Waals surface area (Å²) < 4.78 is 12.8. The predicted octanol–water partition coefficient (Wildman–Crippen LogP) is 3.01. The summed E-state index contributed by atoms with van der Waals surface area (Å²) >= 11 is 0. The van der Waals surface area contributed by atoms with E-state index in [1.54, 1.807) is 18.3 Å². The zero-order valence-corrected chi connectivity index (χ0v) is 8.77. The molecule has 0 atom stereocenters. The molecule has 2 aromatic rings. The minimum absolute atomic E-state index is 0.294. The fourth-order valence-corrected chi connectivity index (χ4v) is 1.53. The van der Waals surface area contributed by atoms with Crippen molar-refractivity contribution in [3.63, 3.8) is 0 Å². The number of pyridine rings is 1. The number of aryl methyl sites for hydroxylation is 1. The fraction of sp³-hybridized carbons (Fsp3) is 0.0769. The second-order valence-corrected chi connectivity index (χ2v) is 3.57. The van der Waals surface area contributed by atoms with Gasteiger partial charge < -0.3 is 0 Å². The Morgan fingerprint density at radius 2 is 1.94 bits per heavy atom. The highest BCUT2D eigenvalue weighted by Gasteiger charge is 2.06. The van der Waals surface area contributed by atoms with Crippen LogP contribution in [0, 0.1) is 12.7 Å². The Bertz CT molecular complexity index is 520. The fourth-order valence-electron chi connectivity index (χ4n) is 1.53. The van der Waals surface area contributed by atoms with Crippen molar-refractivity contribution >= 4 is 6.29 Å². The van der Waals surface area contributed by atoms with Crippen LogP contribution in [0.15, 0.2) is 36.5 Å². The summed E-state index contributed by atoms with van der Waals surface area (Å²) in [6.07, 6.45) is 2.34. The van der Waals surface area contributed by atoms with Crippen LogP contribution in [0.2, 0.25) is 0 Å². The second-order valence-electron chi connectivity index (χ2n) is 3.57.